The summed E-state index contributed by atoms with van der Waals surface area (Å²) >= 11 is 0. The summed E-state index contributed by atoms with van der Waals surface area (Å²) in [6.45, 7) is 4.53. The zero-order chi connectivity index (χ0) is 12.5. The van der Waals surface area contributed by atoms with Gasteiger partial charge in [0.1, 0.15) is 6.29 Å². The lowest BCUT2D eigenvalue weighted by atomic mass is 9.91. The van der Waals surface area contributed by atoms with Crippen LogP contribution in [0.25, 0.3) is 0 Å². The third-order valence-corrected chi connectivity index (χ3v) is 3.41. The lowest BCUT2D eigenvalue weighted by Crippen LogP contribution is -2.03. The molecule has 0 fully saturated rings. The average molecular weight is 232 g/mol. The summed E-state index contributed by atoms with van der Waals surface area (Å²) in [5.74, 6) is 0.812. The standard InChI is InChI=1S/C16H24O/c1-3-5-6-14(4-2)13-16-9-7-15(8-10-16)11-12-17/h7-10,12,14H,3-6,11,13H2,1-2H3/t14-/m0/s1. The van der Waals surface area contributed by atoms with Crippen LogP contribution in [0.4, 0.5) is 0 Å². The van der Waals surface area contributed by atoms with E-state index in [0.29, 0.717) is 6.42 Å². The van der Waals surface area contributed by atoms with E-state index in [1.165, 1.54) is 37.7 Å². The van der Waals surface area contributed by atoms with Crippen LogP contribution in [0.5, 0.6) is 0 Å². The van der Waals surface area contributed by atoms with Gasteiger partial charge in [-0.05, 0) is 23.5 Å². The van der Waals surface area contributed by atoms with E-state index in [0.717, 1.165) is 17.8 Å². The quantitative estimate of drug-likeness (QED) is 0.614. The molecule has 1 aromatic carbocycles. The molecule has 0 aromatic heterocycles. The van der Waals surface area contributed by atoms with Gasteiger partial charge in [-0.2, -0.15) is 0 Å². The molecule has 17 heavy (non-hydrogen) atoms. The van der Waals surface area contributed by atoms with Gasteiger partial charge in [0.15, 0.2) is 0 Å². The summed E-state index contributed by atoms with van der Waals surface area (Å²) in [5, 5.41) is 0. The molecule has 1 rings (SSSR count). The third-order valence-electron chi connectivity index (χ3n) is 3.41. The first-order valence-electron chi connectivity index (χ1n) is 6.81. The van der Waals surface area contributed by atoms with Crippen LogP contribution in [0.2, 0.25) is 0 Å². The van der Waals surface area contributed by atoms with Crippen LogP contribution in [0, 0.1) is 5.92 Å². The number of carbonyl (C=O) groups excluding carboxylic acids is 1. The molecule has 0 aliphatic heterocycles. The van der Waals surface area contributed by atoms with Crippen molar-refractivity contribution in [3.05, 3.63) is 35.4 Å². The first-order chi connectivity index (χ1) is 8.30. The van der Waals surface area contributed by atoms with Crippen molar-refractivity contribution in [3.8, 4) is 0 Å². The summed E-state index contributed by atoms with van der Waals surface area (Å²) in [7, 11) is 0. The second-order valence-corrected chi connectivity index (χ2v) is 4.81. The smallest absolute Gasteiger partial charge is 0.124 e. The zero-order valence-corrected chi connectivity index (χ0v) is 11.1. The fourth-order valence-electron chi connectivity index (χ4n) is 2.18. The molecule has 0 saturated heterocycles. The molecule has 0 saturated carbocycles. The van der Waals surface area contributed by atoms with Crippen LogP contribution in [0.3, 0.4) is 0 Å². The Bertz CT molecular complexity index is 313. The molecule has 0 heterocycles. The van der Waals surface area contributed by atoms with Gasteiger partial charge < -0.3 is 4.79 Å². The van der Waals surface area contributed by atoms with E-state index < -0.39 is 0 Å². The number of benzene rings is 1. The lowest BCUT2D eigenvalue weighted by Gasteiger charge is -2.14. The van der Waals surface area contributed by atoms with Gasteiger partial charge in [0.25, 0.3) is 0 Å². The summed E-state index contributed by atoms with van der Waals surface area (Å²) in [4.78, 5) is 10.4. The fraction of sp³-hybridized carbons (Fsp3) is 0.562. The average Bonchev–Trinajstić information content (AvgIpc) is 2.37. The highest BCUT2D eigenvalue weighted by Crippen LogP contribution is 2.18. The van der Waals surface area contributed by atoms with Crippen LogP contribution in [0.15, 0.2) is 24.3 Å². The third kappa shape index (κ3) is 5.16. The Labute approximate surface area is 105 Å². The van der Waals surface area contributed by atoms with Crippen molar-refractivity contribution in [2.75, 3.05) is 0 Å². The molecular weight excluding hydrogens is 208 g/mol. The minimum atomic E-state index is 0.535. The van der Waals surface area contributed by atoms with Gasteiger partial charge in [0.05, 0.1) is 0 Å². The van der Waals surface area contributed by atoms with E-state index in [-0.39, 0.29) is 0 Å². The monoisotopic (exact) mass is 232 g/mol. The molecule has 94 valence electrons. The Balaban J connectivity index is 2.51. The Morgan fingerprint density at radius 1 is 1.12 bits per heavy atom. The van der Waals surface area contributed by atoms with E-state index in [9.17, 15) is 4.79 Å². The fourth-order valence-corrected chi connectivity index (χ4v) is 2.18. The lowest BCUT2D eigenvalue weighted by molar-refractivity contribution is -0.107. The van der Waals surface area contributed by atoms with Crippen molar-refractivity contribution < 1.29 is 4.79 Å². The molecule has 0 unspecified atom stereocenters. The van der Waals surface area contributed by atoms with Gasteiger partial charge in [0.2, 0.25) is 0 Å². The summed E-state index contributed by atoms with van der Waals surface area (Å²) < 4.78 is 0. The van der Waals surface area contributed by atoms with Crippen molar-refractivity contribution in [2.45, 2.75) is 52.4 Å². The highest BCUT2D eigenvalue weighted by molar-refractivity contribution is 5.54. The Kier molecular flexibility index (Phi) is 6.61. The van der Waals surface area contributed by atoms with Gasteiger partial charge in [-0.25, -0.2) is 0 Å². The van der Waals surface area contributed by atoms with Crippen LogP contribution >= 0.6 is 0 Å². The topological polar surface area (TPSA) is 17.1 Å². The Hall–Kier alpha value is -1.11. The van der Waals surface area contributed by atoms with Crippen molar-refractivity contribution in [1.29, 1.82) is 0 Å². The molecule has 1 atom stereocenters. The number of unbranched alkanes of at least 4 members (excludes halogenated alkanes) is 1. The molecule has 0 amide bonds. The summed E-state index contributed by atoms with van der Waals surface area (Å²) in [6.07, 6.45) is 7.89. The van der Waals surface area contributed by atoms with E-state index in [2.05, 4.69) is 38.1 Å². The number of aldehydes is 1. The van der Waals surface area contributed by atoms with Crippen LogP contribution in [0.1, 0.15) is 50.7 Å². The molecule has 0 bridgehead atoms. The zero-order valence-electron chi connectivity index (χ0n) is 11.1. The second-order valence-electron chi connectivity index (χ2n) is 4.81. The molecular formula is C16H24O. The Morgan fingerprint density at radius 3 is 2.29 bits per heavy atom. The van der Waals surface area contributed by atoms with E-state index >= 15 is 0 Å². The second kappa shape index (κ2) is 8.05. The largest absolute Gasteiger partial charge is 0.303 e. The van der Waals surface area contributed by atoms with Gasteiger partial charge >= 0.3 is 0 Å². The summed E-state index contributed by atoms with van der Waals surface area (Å²) in [6, 6.07) is 8.51. The highest BCUT2D eigenvalue weighted by atomic mass is 16.1. The number of hydrogen-bond acceptors (Lipinski definition) is 1. The van der Waals surface area contributed by atoms with Gasteiger partial charge in [-0.15, -0.1) is 0 Å². The minimum Gasteiger partial charge on any atom is -0.303 e. The Morgan fingerprint density at radius 2 is 1.76 bits per heavy atom. The maximum Gasteiger partial charge on any atom is 0.124 e. The van der Waals surface area contributed by atoms with E-state index in [1.807, 2.05) is 0 Å². The van der Waals surface area contributed by atoms with Gasteiger partial charge in [-0.3, -0.25) is 0 Å². The predicted molar refractivity (Wildman–Crippen MR) is 73.2 cm³/mol. The molecule has 1 heteroatoms. The SMILES string of the molecule is CCCC[C@H](CC)Cc1ccc(CC=O)cc1. The predicted octanol–water partition coefficient (Wildman–Crippen LogP) is 4.19. The first kappa shape index (κ1) is 14.0. The summed E-state index contributed by atoms with van der Waals surface area (Å²) in [5.41, 5.74) is 2.52. The molecule has 1 nitrogen and oxygen atoms in total. The van der Waals surface area contributed by atoms with Crippen LogP contribution < -0.4 is 0 Å². The number of hydrogen-bond donors (Lipinski definition) is 0. The van der Waals surface area contributed by atoms with E-state index in [1.54, 1.807) is 0 Å². The number of carbonyl (C=O) groups is 1. The molecule has 0 aliphatic carbocycles. The van der Waals surface area contributed by atoms with Gasteiger partial charge in [-0.1, -0.05) is 63.8 Å². The van der Waals surface area contributed by atoms with Crippen molar-refractivity contribution >= 4 is 6.29 Å². The van der Waals surface area contributed by atoms with Crippen LogP contribution in [-0.4, -0.2) is 6.29 Å². The van der Waals surface area contributed by atoms with Crippen molar-refractivity contribution in [1.82, 2.24) is 0 Å². The first-order valence-corrected chi connectivity index (χ1v) is 6.81. The maximum absolute atomic E-state index is 10.4. The minimum absolute atomic E-state index is 0.535. The molecule has 0 N–H and O–H groups in total. The highest BCUT2D eigenvalue weighted by Gasteiger charge is 2.06. The van der Waals surface area contributed by atoms with Gasteiger partial charge in [0, 0.05) is 6.42 Å². The molecule has 0 spiro atoms. The van der Waals surface area contributed by atoms with Crippen LogP contribution in [-0.2, 0) is 17.6 Å². The van der Waals surface area contributed by atoms with E-state index in [4.69, 9.17) is 0 Å². The van der Waals surface area contributed by atoms with Crippen molar-refractivity contribution in [2.24, 2.45) is 5.92 Å². The molecule has 0 radical (unpaired) electrons. The maximum atomic E-state index is 10.4. The number of rotatable bonds is 8. The molecule has 1 aromatic rings. The normalized spacial score (nSPS) is 12.4. The van der Waals surface area contributed by atoms with Crippen molar-refractivity contribution in [3.63, 3.8) is 0 Å². The molecule has 0 aliphatic rings.